The maximum Gasteiger partial charge on any atom is 0.183 e. The van der Waals surface area contributed by atoms with Crippen molar-refractivity contribution in [1.82, 2.24) is 0 Å². The summed E-state index contributed by atoms with van der Waals surface area (Å²) in [5.74, 6) is 3.50. The van der Waals surface area contributed by atoms with Crippen LogP contribution in [0.15, 0.2) is 29.2 Å². The van der Waals surface area contributed by atoms with E-state index in [0.717, 1.165) is 24.8 Å². The summed E-state index contributed by atoms with van der Waals surface area (Å²) in [7, 11) is -3.24. The number of aryl methyl sites for hydroxylation is 1. The molecule has 1 atom stereocenters. The van der Waals surface area contributed by atoms with Crippen molar-refractivity contribution in [1.29, 1.82) is 0 Å². The van der Waals surface area contributed by atoms with Crippen molar-refractivity contribution >= 4 is 9.84 Å². The summed E-state index contributed by atoms with van der Waals surface area (Å²) in [6, 6.07) is 7.18. The van der Waals surface area contributed by atoms with Gasteiger partial charge in [0, 0.05) is 0 Å². The van der Waals surface area contributed by atoms with Gasteiger partial charge in [-0.2, -0.15) is 0 Å². The predicted molar refractivity (Wildman–Crippen MR) is 82.6 cm³/mol. The van der Waals surface area contributed by atoms with Crippen LogP contribution < -0.4 is 5.90 Å². The van der Waals surface area contributed by atoms with E-state index in [9.17, 15) is 8.42 Å². The van der Waals surface area contributed by atoms with E-state index in [1.165, 1.54) is 0 Å². The molecule has 0 fully saturated rings. The first-order chi connectivity index (χ1) is 9.37. The lowest BCUT2D eigenvalue weighted by Crippen LogP contribution is -2.34. The zero-order valence-corrected chi connectivity index (χ0v) is 13.7. The highest BCUT2D eigenvalue weighted by molar-refractivity contribution is 7.92. The summed E-state index contributed by atoms with van der Waals surface area (Å²) in [4.78, 5) is 0.452. The van der Waals surface area contributed by atoms with E-state index in [1.807, 2.05) is 32.9 Å². The van der Waals surface area contributed by atoms with Gasteiger partial charge in [0.05, 0.1) is 9.64 Å². The molecule has 0 heterocycles. The number of unbranched alkanes of at least 4 members (excludes halogenated alkanes) is 1. The van der Waals surface area contributed by atoms with Gasteiger partial charge in [0.1, 0.15) is 0 Å². The van der Waals surface area contributed by atoms with Crippen LogP contribution in [0.1, 0.15) is 52.0 Å². The number of rotatable bonds is 6. The molecule has 0 radical (unpaired) electrons. The van der Waals surface area contributed by atoms with E-state index in [4.69, 9.17) is 5.21 Å². The first-order valence-electron chi connectivity index (χ1n) is 6.94. The standard InChI is InChI=1S/C15H24O2S.H3NO/c1-5-7-12-15(4,6-2)18(16,17)14-10-8-13(3)9-11-14;1-2/h8-11H,5-7,12H2,1-4H3;2H,1H2/t15-;/m0./s1. The van der Waals surface area contributed by atoms with Crippen molar-refractivity contribution in [3.8, 4) is 0 Å². The van der Waals surface area contributed by atoms with Gasteiger partial charge in [0.15, 0.2) is 9.84 Å². The number of nitrogens with two attached hydrogens (primary N) is 1. The van der Waals surface area contributed by atoms with E-state index >= 15 is 0 Å². The SMILES string of the molecule is CCCC[C@](C)(CC)S(=O)(=O)c1ccc(C)cc1.NO. The molecular formula is C15H27NO3S. The monoisotopic (exact) mass is 301 g/mol. The van der Waals surface area contributed by atoms with E-state index < -0.39 is 14.6 Å². The molecule has 4 nitrogen and oxygen atoms in total. The van der Waals surface area contributed by atoms with Crippen molar-refractivity contribution in [3.05, 3.63) is 29.8 Å². The van der Waals surface area contributed by atoms with Crippen molar-refractivity contribution in [2.24, 2.45) is 5.90 Å². The highest BCUT2D eigenvalue weighted by Crippen LogP contribution is 2.33. The van der Waals surface area contributed by atoms with Gasteiger partial charge in [0.2, 0.25) is 0 Å². The Balaban J connectivity index is 0.00000172. The third-order valence-corrected chi connectivity index (χ3v) is 6.47. The minimum Gasteiger partial charge on any atom is -0.320 e. The van der Waals surface area contributed by atoms with Crippen LogP contribution >= 0.6 is 0 Å². The Morgan fingerprint density at radius 3 is 2.05 bits per heavy atom. The molecule has 0 unspecified atom stereocenters. The molecule has 0 aliphatic carbocycles. The van der Waals surface area contributed by atoms with Crippen molar-refractivity contribution < 1.29 is 13.6 Å². The van der Waals surface area contributed by atoms with Crippen molar-refractivity contribution in [2.75, 3.05) is 0 Å². The molecule has 0 amide bonds. The fourth-order valence-corrected chi connectivity index (χ4v) is 3.91. The second-order valence-electron chi connectivity index (χ2n) is 5.22. The molecule has 0 spiro atoms. The first kappa shape index (κ1) is 19.1. The van der Waals surface area contributed by atoms with Gasteiger partial charge in [0.25, 0.3) is 0 Å². The van der Waals surface area contributed by atoms with Gasteiger partial charge in [-0.3, -0.25) is 0 Å². The Labute approximate surface area is 122 Å². The van der Waals surface area contributed by atoms with Crippen LogP contribution in [0.5, 0.6) is 0 Å². The third-order valence-electron chi connectivity index (χ3n) is 3.79. The summed E-state index contributed by atoms with van der Waals surface area (Å²) in [5.41, 5.74) is 1.08. The Bertz CT molecular complexity index is 482. The topological polar surface area (TPSA) is 80.4 Å². The molecule has 0 bridgehead atoms. The Morgan fingerprint density at radius 1 is 1.15 bits per heavy atom. The molecule has 1 rings (SSSR count). The Hall–Kier alpha value is -0.910. The highest BCUT2D eigenvalue weighted by Gasteiger charge is 2.37. The summed E-state index contributed by atoms with van der Waals surface area (Å²) < 4.78 is 24.8. The molecule has 3 N–H and O–H groups in total. The van der Waals surface area contributed by atoms with Gasteiger partial charge < -0.3 is 5.21 Å². The largest absolute Gasteiger partial charge is 0.320 e. The summed E-state index contributed by atoms with van der Waals surface area (Å²) in [6.07, 6.45) is 3.37. The molecule has 5 heteroatoms. The van der Waals surface area contributed by atoms with Gasteiger partial charge in [-0.1, -0.05) is 44.4 Å². The average molecular weight is 301 g/mol. The summed E-state index contributed by atoms with van der Waals surface area (Å²) in [5, 5.41) is 6.50. The Morgan fingerprint density at radius 2 is 1.65 bits per heavy atom. The molecule has 116 valence electrons. The predicted octanol–water partition coefficient (Wildman–Crippen LogP) is 3.46. The number of hydrogen-bond donors (Lipinski definition) is 2. The molecule has 0 saturated carbocycles. The maximum absolute atomic E-state index is 12.7. The third kappa shape index (κ3) is 4.30. The van der Waals surface area contributed by atoms with E-state index in [2.05, 4.69) is 12.8 Å². The fraction of sp³-hybridized carbons (Fsp3) is 0.600. The van der Waals surface area contributed by atoms with Crippen LogP contribution in [0.2, 0.25) is 0 Å². The van der Waals surface area contributed by atoms with Crippen molar-refractivity contribution in [3.63, 3.8) is 0 Å². The zero-order valence-electron chi connectivity index (χ0n) is 12.9. The highest BCUT2D eigenvalue weighted by atomic mass is 32.2. The lowest BCUT2D eigenvalue weighted by atomic mass is 10.0. The molecule has 1 aromatic rings. The van der Waals surface area contributed by atoms with E-state index in [-0.39, 0.29) is 0 Å². The maximum atomic E-state index is 12.7. The van der Waals surface area contributed by atoms with Gasteiger partial charge in [-0.05, 0) is 38.8 Å². The lowest BCUT2D eigenvalue weighted by Gasteiger charge is -2.28. The molecular weight excluding hydrogens is 274 g/mol. The number of hydrogen-bond acceptors (Lipinski definition) is 4. The van der Waals surface area contributed by atoms with Crippen LogP contribution in [-0.2, 0) is 9.84 Å². The molecule has 20 heavy (non-hydrogen) atoms. The summed E-state index contributed by atoms with van der Waals surface area (Å²) >= 11 is 0. The number of sulfone groups is 1. The van der Waals surface area contributed by atoms with Crippen LogP contribution in [-0.4, -0.2) is 18.4 Å². The van der Waals surface area contributed by atoms with E-state index in [0.29, 0.717) is 11.3 Å². The van der Waals surface area contributed by atoms with Crippen LogP contribution in [0.25, 0.3) is 0 Å². The van der Waals surface area contributed by atoms with Crippen LogP contribution in [0, 0.1) is 6.92 Å². The summed E-state index contributed by atoms with van der Waals surface area (Å²) in [6.45, 7) is 7.89. The molecule has 0 aliphatic heterocycles. The average Bonchev–Trinajstić information content (AvgIpc) is 2.47. The Kier molecular flexibility index (Phi) is 8.01. The smallest absolute Gasteiger partial charge is 0.183 e. The minimum atomic E-state index is -3.24. The lowest BCUT2D eigenvalue weighted by molar-refractivity contribution is 0.311. The quantitative estimate of drug-likeness (QED) is 0.788. The van der Waals surface area contributed by atoms with Gasteiger partial charge in [-0.15, -0.1) is 0 Å². The van der Waals surface area contributed by atoms with E-state index in [1.54, 1.807) is 12.1 Å². The first-order valence-corrected chi connectivity index (χ1v) is 8.43. The molecule has 0 aromatic heterocycles. The van der Waals surface area contributed by atoms with Crippen LogP contribution in [0.4, 0.5) is 0 Å². The number of benzene rings is 1. The normalized spacial score (nSPS) is 14.1. The van der Waals surface area contributed by atoms with Crippen molar-refractivity contribution in [2.45, 2.75) is 63.0 Å². The van der Waals surface area contributed by atoms with Crippen LogP contribution in [0.3, 0.4) is 0 Å². The molecule has 1 aromatic carbocycles. The zero-order chi connectivity index (χ0) is 15.8. The minimum absolute atomic E-state index is 0.452. The second-order valence-corrected chi connectivity index (χ2v) is 7.69. The second kappa shape index (κ2) is 8.39. The molecule has 0 saturated heterocycles. The van der Waals surface area contributed by atoms with Gasteiger partial charge in [-0.25, -0.2) is 14.3 Å². The fourth-order valence-electron chi connectivity index (χ4n) is 2.05. The molecule has 0 aliphatic rings. The van der Waals surface area contributed by atoms with Gasteiger partial charge >= 0.3 is 0 Å².